The molecule has 40 heavy (non-hydrogen) atoms. The summed E-state index contributed by atoms with van der Waals surface area (Å²) in [5.74, 6) is 0.414. The van der Waals surface area contributed by atoms with Crippen molar-refractivity contribution in [1.82, 2.24) is 19.4 Å². The van der Waals surface area contributed by atoms with E-state index in [9.17, 15) is 31.2 Å². The second-order valence-electron chi connectivity index (χ2n) is 9.49. The maximum atomic E-state index is 12.6. The van der Waals surface area contributed by atoms with Gasteiger partial charge < -0.3 is 15.1 Å². The van der Waals surface area contributed by atoms with Crippen LogP contribution in [0, 0.1) is 0 Å². The number of piperazine rings is 1. The minimum atomic E-state index is -4.52. The minimum Gasteiger partial charge on any atom is -0.357 e. The van der Waals surface area contributed by atoms with Crippen LogP contribution in [-0.4, -0.2) is 88.0 Å². The number of rotatable bonds is 9. The van der Waals surface area contributed by atoms with E-state index >= 15 is 0 Å². The first kappa shape index (κ1) is 32.8. The fourth-order valence-corrected chi connectivity index (χ4v) is 5.30. The highest BCUT2D eigenvalue weighted by Crippen LogP contribution is 2.30. The highest BCUT2D eigenvalue weighted by molar-refractivity contribution is 7.89. The molecule has 0 bridgehead atoms. The van der Waals surface area contributed by atoms with Gasteiger partial charge in [0.1, 0.15) is 0 Å². The van der Waals surface area contributed by atoms with Crippen molar-refractivity contribution < 1.29 is 31.2 Å². The number of aliphatic imine (C=N–C) groups is 1. The average molecular weight is 584 g/mol. The lowest BCUT2D eigenvalue weighted by atomic mass is 10.0. The van der Waals surface area contributed by atoms with Gasteiger partial charge in [-0.3, -0.25) is 14.6 Å². The molecular formula is C27H36F3N5O4S. The van der Waals surface area contributed by atoms with Crippen LogP contribution in [0.15, 0.2) is 58.4 Å². The molecule has 2 aromatic carbocycles. The maximum absolute atomic E-state index is 12.6. The summed E-state index contributed by atoms with van der Waals surface area (Å²) in [6.07, 6.45) is -2.29. The molecule has 1 heterocycles. The second kappa shape index (κ2) is 14.8. The Morgan fingerprint density at radius 3 is 2.10 bits per heavy atom. The van der Waals surface area contributed by atoms with Gasteiger partial charge in [-0.15, -0.1) is 0 Å². The normalized spacial score (nSPS) is 14.6. The van der Waals surface area contributed by atoms with E-state index in [1.54, 1.807) is 23.9 Å². The third kappa shape index (κ3) is 9.63. The lowest BCUT2D eigenvalue weighted by molar-refractivity contribution is -0.137. The zero-order valence-corrected chi connectivity index (χ0v) is 23.9. The molecule has 1 aliphatic rings. The van der Waals surface area contributed by atoms with Crippen LogP contribution in [0.4, 0.5) is 13.2 Å². The molecule has 0 saturated carbocycles. The lowest BCUT2D eigenvalue weighted by Gasteiger charge is -2.34. The van der Waals surface area contributed by atoms with Crippen molar-refractivity contribution in [3.63, 3.8) is 0 Å². The molecule has 0 unspecified atom stereocenters. The molecule has 2 aromatic rings. The average Bonchev–Trinajstić information content (AvgIpc) is 2.92. The monoisotopic (exact) mass is 583 g/mol. The van der Waals surface area contributed by atoms with E-state index in [1.165, 1.54) is 16.2 Å². The van der Waals surface area contributed by atoms with Gasteiger partial charge in [0.15, 0.2) is 0 Å². The van der Waals surface area contributed by atoms with Gasteiger partial charge in [-0.05, 0) is 41.3 Å². The van der Waals surface area contributed by atoms with Crippen LogP contribution < -0.4 is 5.32 Å². The molecule has 9 nitrogen and oxygen atoms in total. The standard InChI is InChI=1S/C16H21F3N4O3S.C11H15NO/c1-20-12-21(2)11-15(24)22-7-9-23(10-8-22)27(25,26)14-5-3-13(4-6-14)16(17,18)19;1-9(2)11-5-3-10(4-6-11)7-12-8-13/h3-6,12H,7-11H2,1-2H3;3-6,8-9H,7H2,1-2H3,(H,12,13). The van der Waals surface area contributed by atoms with Gasteiger partial charge in [-0.25, -0.2) is 8.42 Å². The Balaban J connectivity index is 0.000000360. The number of hydrogen-bond donors (Lipinski definition) is 1. The molecule has 13 heteroatoms. The molecule has 2 amide bonds. The molecule has 3 rings (SSSR count). The number of alkyl halides is 3. The van der Waals surface area contributed by atoms with E-state index in [2.05, 4.69) is 36.3 Å². The van der Waals surface area contributed by atoms with Gasteiger partial charge in [0, 0.05) is 46.8 Å². The highest BCUT2D eigenvalue weighted by Gasteiger charge is 2.33. The Bertz CT molecular complexity index is 1230. The van der Waals surface area contributed by atoms with Gasteiger partial charge in [0.2, 0.25) is 22.3 Å². The summed E-state index contributed by atoms with van der Waals surface area (Å²) in [5, 5.41) is 2.63. The first-order valence-corrected chi connectivity index (χ1v) is 14.1. The summed E-state index contributed by atoms with van der Waals surface area (Å²) in [7, 11) is -0.615. The third-order valence-electron chi connectivity index (χ3n) is 6.14. The van der Waals surface area contributed by atoms with Crippen LogP contribution in [0.3, 0.4) is 0 Å². The van der Waals surface area contributed by atoms with Crippen molar-refractivity contribution in [1.29, 1.82) is 0 Å². The first-order chi connectivity index (χ1) is 18.8. The molecule has 1 N–H and O–H groups in total. The van der Waals surface area contributed by atoms with Crippen molar-refractivity contribution in [2.75, 3.05) is 46.8 Å². The van der Waals surface area contributed by atoms with Gasteiger partial charge in [-0.2, -0.15) is 17.5 Å². The van der Waals surface area contributed by atoms with E-state index in [-0.39, 0.29) is 43.5 Å². The quantitative estimate of drug-likeness (QED) is 0.278. The molecule has 1 aliphatic heterocycles. The van der Waals surface area contributed by atoms with Gasteiger partial charge in [0.05, 0.1) is 23.3 Å². The fourth-order valence-electron chi connectivity index (χ4n) is 3.87. The maximum Gasteiger partial charge on any atom is 0.416 e. The van der Waals surface area contributed by atoms with Crippen molar-refractivity contribution in [3.05, 3.63) is 65.2 Å². The van der Waals surface area contributed by atoms with Crippen molar-refractivity contribution in [3.8, 4) is 0 Å². The summed E-state index contributed by atoms with van der Waals surface area (Å²) >= 11 is 0. The molecule has 0 aromatic heterocycles. The summed E-state index contributed by atoms with van der Waals surface area (Å²) < 4.78 is 64.2. The van der Waals surface area contributed by atoms with E-state index < -0.39 is 21.8 Å². The largest absolute Gasteiger partial charge is 0.416 e. The molecular weight excluding hydrogens is 547 g/mol. The Morgan fingerprint density at radius 2 is 1.62 bits per heavy atom. The SMILES string of the molecule is CC(C)c1ccc(CNC=O)cc1.CN=CN(C)CC(=O)N1CCN(S(=O)(=O)c2ccc(C(F)(F)F)cc2)CC1. The second-order valence-corrected chi connectivity index (χ2v) is 11.4. The number of sulfonamides is 1. The summed E-state index contributed by atoms with van der Waals surface area (Å²) in [4.78, 5) is 29.0. The number of amides is 2. The van der Waals surface area contributed by atoms with Crippen LogP contribution in [0.2, 0.25) is 0 Å². The number of carbonyl (C=O) groups is 2. The van der Waals surface area contributed by atoms with Crippen LogP contribution in [0.5, 0.6) is 0 Å². The smallest absolute Gasteiger partial charge is 0.357 e. The molecule has 0 atom stereocenters. The Kier molecular flexibility index (Phi) is 12.1. The number of carbonyl (C=O) groups excluding carboxylic acids is 2. The predicted molar refractivity (Wildman–Crippen MR) is 147 cm³/mol. The van der Waals surface area contributed by atoms with Crippen molar-refractivity contribution >= 4 is 28.7 Å². The topological polar surface area (TPSA) is 102 Å². The summed E-state index contributed by atoms with van der Waals surface area (Å²) in [5.41, 5.74) is 1.56. The lowest BCUT2D eigenvalue weighted by Crippen LogP contribution is -2.52. The highest BCUT2D eigenvalue weighted by atomic mass is 32.2. The van der Waals surface area contributed by atoms with Crippen LogP contribution in [0.25, 0.3) is 0 Å². The molecule has 0 aliphatic carbocycles. The zero-order chi connectivity index (χ0) is 29.9. The number of benzene rings is 2. The van der Waals surface area contributed by atoms with E-state index in [1.807, 2.05) is 12.1 Å². The van der Waals surface area contributed by atoms with Crippen molar-refractivity contribution in [2.24, 2.45) is 4.99 Å². The van der Waals surface area contributed by atoms with Gasteiger partial charge in [0.25, 0.3) is 0 Å². The number of halogens is 3. The van der Waals surface area contributed by atoms with Gasteiger partial charge in [-0.1, -0.05) is 38.1 Å². The number of nitrogens with zero attached hydrogens (tertiary/aromatic N) is 4. The Morgan fingerprint density at radius 1 is 1.05 bits per heavy atom. The predicted octanol–water partition coefficient (Wildman–Crippen LogP) is 3.18. The molecule has 0 radical (unpaired) electrons. The van der Waals surface area contributed by atoms with Crippen LogP contribution in [-0.2, 0) is 32.3 Å². The van der Waals surface area contributed by atoms with E-state index in [4.69, 9.17) is 0 Å². The summed E-state index contributed by atoms with van der Waals surface area (Å²) in [6.45, 7) is 5.68. The summed E-state index contributed by atoms with van der Waals surface area (Å²) in [6, 6.07) is 11.7. The molecule has 1 fully saturated rings. The van der Waals surface area contributed by atoms with Crippen LogP contribution >= 0.6 is 0 Å². The number of nitrogens with one attached hydrogen (secondary N) is 1. The van der Waals surface area contributed by atoms with E-state index in [0.717, 1.165) is 36.2 Å². The third-order valence-corrected chi connectivity index (χ3v) is 8.06. The van der Waals surface area contributed by atoms with Gasteiger partial charge >= 0.3 is 6.18 Å². The number of hydrogen-bond acceptors (Lipinski definition) is 5. The molecule has 1 saturated heterocycles. The minimum absolute atomic E-state index is 0.0840. The Labute approximate surface area is 233 Å². The van der Waals surface area contributed by atoms with Crippen molar-refractivity contribution in [2.45, 2.75) is 37.4 Å². The Hall–Kier alpha value is -3.45. The molecule has 0 spiro atoms. The first-order valence-electron chi connectivity index (χ1n) is 12.6. The van der Waals surface area contributed by atoms with Crippen LogP contribution in [0.1, 0.15) is 36.5 Å². The zero-order valence-electron chi connectivity index (χ0n) is 23.1. The number of likely N-dealkylation sites (N-methyl/N-ethyl adjacent to an activating group) is 1. The fraction of sp³-hybridized carbons (Fsp3) is 0.444. The molecule has 220 valence electrons. The van der Waals surface area contributed by atoms with E-state index in [0.29, 0.717) is 12.5 Å².